The molecule has 0 spiro atoms. The number of aliphatic hydroxyl groups is 1. The van der Waals surface area contributed by atoms with Gasteiger partial charge in [-0.2, -0.15) is 0 Å². The van der Waals surface area contributed by atoms with E-state index in [9.17, 15) is 9.59 Å². The van der Waals surface area contributed by atoms with Crippen molar-refractivity contribution in [2.45, 2.75) is 33.0 Å². The molecule has 0 bridgehead atoms. The second-order valence-corrected chi connectivity index (χ2v) is 9.11. The number of likely N-dealkylation sites (N-methyl/N-ethyl adjacent to an activating group) is 1. The first-order chi connectivity index (χ1) is 16.2. The molecule has 0 unspecified atom stereocenters. The van der Waals surface area contributed by atoms with Gasteiger partial charge < -0.3 is 29.3 Å². The molecule has 0 radical (unpaired) electrons. The van der Waals surface area contributed by atoms with Crippen molar-refractivity contribution in [2.24, 2.45) is 0 Å². The number of nitrogens with zero attached hydrogens (tertiary/aromatic N) is 5. The van der Waals surface area contributed by atoms with E-state index < -0.39 is 5.60 Å². The number of piperazine rings is 1. The largest absolute Gasteiger partial charge is 0.486 e. The summed E-state index contributed by atoms with van der Waals surface area (Å²) in [6.07, 6.45) is 2.96. The summed E-state index contributed by atoms with van der Waals surface area (Å²) in [6.45, 7) is 8.44. The molecule has 2 amide bonds. The third kappa shape index (κ3) is 7.05. The number of hydrogen-bond donors (Lipinski definition) is 1. The van der Waals surface area contributed by atoms with Gasteiger partial charge in [0.15, 0.2) is 5.75 Å². The van der Waals surface area contributed by atoms with Crippen LogP contribution in [0.2, 0.25) is 0 Å². The minimum atomic E-state index is -0.510. The summed E-state index contributed by atoms with van der Waals surface area (Å²) in [5.41, 5.74) is 0.951. The highest BCUT2D eigenvalue weighted by Gasteiger charge is 2.26. The summed E-state index contributed by atoms with van der Waals surface area (Å²) in [5, 5.41) is 8.97. The normalized spacial score (nSPS) is 14.0. The summed E-state index contributed by atoms with van der Waals surface area (Å²) >= 11 is 0. The number of carbonyl (C=O) groups excluding carboxylic acids is 2. The van der Waals surface area contributed by atoms with E-state index in [0.29, 0.717) is 56.6 Å². The Morgan fingerprint density at radius 2 is 1.68 bits per heavy atom. The van der Waals surface area contributed by atoms with Crippen LogP contribution < -0.4 is 9.64 Å². The molecule has 184 valence electrons. The molecule has 1 saturated heterocycles. The van der Waals surface area contributed by atoms with Crippen molar-refractivity contribution in [2.75, 3.05) is 51.3 Å². The Morgan fingerprint density at radius 3 is 2.24 bits per heavy atom. The lowest BCUT2D eigenvalue weighted by Gasteiger charge is -2.35. The lowest BCUT2D eigenvalue weighted by Crippen LogP contribution is -2.50. The number of anilines is 1. The molecule has 3 rings (SSSR count). The van der Waals surface area contributed by atoms with E-state index in [1.165, 1.54) is 4.90 Å². The van der Waals surface area contributed by atoms with Crippen molar-refractivity contribution in [3.05, 3.63) is 47.8 Å². The zero-order chi connectivity index (χ0) is 24.7. The molecule has 1 aliphatic heterocycles. The molecule has 0 saturated carbocycles. The van der Waals surface area contributed by atoms with E-state index >= 15 is 0 Å². The fraction of sp³-hybridized carbons (Fsp3) is 0.500. The van der Waals surface area contributed by atoms with E-state index in [4.69, 9.17) is 14.6 Å². The SMILES string of the molecule is CN(CCO)C(=O)c1ccc(COc2cnc(N3CCN(C(=O)OC(C)(C)C)CC3)nc2)cc1. The van der Waals surface area contributed by atoms with Gasteiger partial charge in [0.25, 0.3) is 5.91 Å². The lowest BCUT2D eigenvalue weighted by atomic mass is 10.1. The highest BCUT2D eigenvalue weighted by atomic mass is 16.6. The standard InChI is InChI=1S/C24H33N5O5/c1-24(2,3)34-23(32)29-11-9-28(10-12-29)22-25-15-20(16-26-22)33-17-18-5-7-19(8-6-18)21(31)27(4)13-14-30/h5-8,15-16,30H,9-14,17H2,1-4H3. The Bertz CT molecular complexity index is 951. The molecular formula is C24H33N5O5. The van der Waals surface area contributed by atoms with Crippen LogP contribution in [0.5, 0.6) is 5.75 Å². The van der Waals surface area contributed by atoms with Gasteiger partial charge in [-0.05, 0) is 38.5 Å². The predicted octanol–water partition coefficient (Wildman–Crippen LogP) is 2.18. The maximum absolute atomic E-state index is 12.2. The minimum absolute atomic E-state index is 0.0721. The zero-order valence-corrected chi connectivity index (χ0v) is 20.2. The predicted molar refractivity (Wildman–Crippen MR) is 127 cm³/mol. The first-order valence-electron chi connectivity index (χ1n) is 11.3. The van der Waals surface area contributed by atoms with Crippen molar-refractivity contribution in [1.82, 2.24) is 19.8 Å². The van der Waals surface area contributed by atoms with Crippen LogP contribution in [0.4, 0.5) is 10.7 Å². The van der Waals surface area contributed by atoms with E-state index in [0.717, 1.165) is 5.56 Å². The lowest BCUT2D eigenvalue weighted by molar-refractivity contribution is 0.0240. The molecule has 1 aromatic heterocycles. The fourth-order valence-electron chi connectivity index (χ4n) is 3.34. The first-order valence-corrected chi connectivity index (χ1v) is 11.3. The molecule has 1 aromatic carbocycles. The van der Waals surface area contributed by atoms with Crippen LogP contribution in [0.3, 0.4) is 0 Å². The minimum Gasteiger partial charge on any atom is -0.486 e. The van der Waals surface area contributed by atoms with Crippen molar-refractivity contribution in [3.8, 4) is 5.75 Å². The summed E-state index contributed by atoms with van der Waals surface area (Å²) in [4.78, 5) is 38.4. The number of hydrogen-bond acceptors (Lipinski definition) is 8. The smallest absolute Gasteiger partial charge is 0.410 e. The molecule has 34 heavy (non-hydrogen) atoms. The van der Waals surface area contributed by atoms with Crippen molar-refractivity contribution in [1.29, 1.82) is 0 Å². The average Bonchev–Trinajstić information content (AvgIpc) is 2.82. The van der Waals surface area contributed by atoms with Crippen LogP contribution in [0, 0.1) is 0 Å². The maximum Gasteiger partial charge on any atom is 0.410 e. The molecule has 1 N–H and O–H groups in total. The maximum atomic E-state index is 12.2. The number of rotatable bonds is 7. The number of amides is 2. The van der Waals surface area contributed by atoms with Gasteiger partial charge in [-0.1, -0.05) is 12.1 Å². The van der Waals surface area contributed by atoms with Gasteiger partial charge in [0.2, 0.25) is 5.95 Å². The third-order valence-electron chi connectivity index (χ3n) is 5.22. The summed E-state index contributed by atoms with van der Waals surface area (Å²) < 4.78 is 11.2. The number of carbonyl (C=O) groups is 2. The Kier molecular flexibility index (Phi) is 8.27. The van der Waals surface area contributed by atoms with Crippen molar-refractivity contribution in [3.63, 3.8) is 0 Å². The van der Waals surface area contributed by atoms with Crippen LogP contribution in [0.15, 0.2) is 36.7 Å². The molecule has 1 fully saturated rings. The Labute approximate surface area is 200 Å². The Morgan fingerprint density at radius 1 is 1.06 bits per heavy atom. The Hall–Kier alpha value is -3.40. The van der Waals surface area contributed by atoms with Crippen LogP contribution in [-0.2, 0) is 11.3 Å². The zero-order valence-electron chi connectivity index (χ0n) is 20.2. The van der Waals surface area contributed by atoms with E-state index in [1.54, 1.807) is 36.5 Å². The number of ether oxygens (including phenoxy) is 2. The quantitative estimate of drug-likeness (QED) is 0.655. The van der Waals surface area contributed by atoms with Gasteiger partial charge in [-0.3, -0.25) is 4.79 Å². The molecule has 1 aliphatic rings. The van der Waals surface area contributed by atoms with Gasteiger partial charge in [0.05, 0.1) is 19.0 Å². The van der Waals surface area contributed by atoms with Gasteiger partial charge in [0, 0.05) is 45.3 Å². The molecule has 2 heterocycles. The van der Waals surface area contributed by atoms with Crippen LogP contribution in [0.25, 0.3) is 0 Å². The molecule has 2 aromatic rings. The molecule has 10 nitrogen and oxygen atoms in total. The second-order valence-electron chi connectivity index (χ2n) is 9.11. The molecular weight excluding hydrogens is 438 g/mol. The van der Waals surface area contributed by atoms with Gasteiger partial charge in [-0.25, -0.2) is 14.8 Å². The average molecular weight is 472 g/mol. The molecule has 10 heteroatoms. The first kappa shape index (κ1) is 25.2. The van der Waals surface area contributed by atoms with E-state index in [-0.39, 0.29) is 18.6 Å². The summed E-state index contributed by atoms with van der Waals surface area (Å²) in [7, 11) is 1.65. The third-order valence-corrected chi connectivity index (χ3v) is 5.22. The monoisotopic (exact) mass is 471 g/mol. The van der Waals surface area contributed by atoms with E-state index in [2.05, 4.69) is 9.97 Å². The van der Waals surface area contributed by atoms with Gasteiger partial charge in [-0.15, -0.1) is 0 Å². The second kappa shape index (κ2) is 11.1. The van der Waals surface area contributed by atoms with Crippen LogP contribution >= 0.6 is 0 Å². The molecule has 0 atom stereocenters. The Balaban J connectivity index is 1.47. The van der Waals surface area contributed by atoms with Gasteiger partial charge in [0.1, 0.15) is 12.2 Å². The topological polar surface area (TPSA) is 108 Å². The summed E-state index contributed by atoms with van der Waals surface area (Å²) in [5.74, 6) is 0.988. The van der Waals surface area contributed by atoms with Gasteiger partial charge >= 0.3 is 6.09 Å². The van der Waals surface area contributed by atoms with E-state index in [1.807, 2.05) is 37.8 Å². The number of aromatic nitrogens is 2. The van der Waals surface area contributed by atoms with Crippen molar-refractivity contribution < 1.29 is 24.2 Å². The highest BCUT2D eigenvalue weighted by Crippen LogP contribution is 2.17. The highest BCUT2D eigenvalue weighted by molar-refractivity contribution is 5.94. The van der Waals surface area contributed by atoms with Crippen LogP contribution in [-0.4, -0.2) is 88.9 Å². The number of benzene rings is 1. The fourth-order valence-corrected chi connectivity index (χ4v) is 3.34. The number of aliphatic hydroxyl groups excluding tert-OH is 1. The summed E-state index contributed by atoms with van der Waals surface area (Å²) in [6, 6.07) is 7.15. The molecule has 0 aliphatic carbocycles. The van der Waals surface area contributed by atoms with Crippen molar-refractivity contribution >= 4 is 17.9 Å². The van der Waals surface area contributed by atoms with Crippen LogP contribution in [0.1, 0.15) is 36.7 Å².